The second-order valence-electron chi connectivity index (χ2n) is 4.56. The van der Waals surface area contributed by atoms with E-state index in [0.29, 0.717) is 16.4 Å². The van der Waals surface area contributed by atoms with Crippen LogP contribution in [0.5, 0.6) is 0 Å². The number of rotatable bonds is 3. The Morgan fingerprint density at radius 1 is 1.10 bits per heavy atom. The zero-order valence-electron chi connectivity index (χ0n) is 10.8. The lowest BCUT2D eigenvalue weighted by Gasteiger charge is -1.93. The van der Waals surface area contributed by atoms with Crippen molar-refractivity contribution in [3.8, 4) is 0 Å². The van der Waals surface area contributed by atoms with Crippen molar-refractivity contribution < 1.29 is 0 Å². The minimum atomic E-state index is 0.597. The number of H-pyrrole nitrogens is 2. The molecule has 0 aliphatic carbocycles. The van der Waals surface area contributed by atoms with Crippen LogP contribution in [0, 0.1) is 0 Å². The lowest BCUT2D eigenvalue weighted by Crippen LogP contribution is -1.84. The number of thioether (sulfide) groups is 1. The van der Waals surface area contributed by atoms with Gasteiger partial charge in [0.05, 0.1) is 27.3 Å². The number of halogens is 1. The molecule has 0 unspecified atom stereocenters. The summed E-state index contributed by atoms with van der Waals surface area (Å²) in [7, 11) is 0. The summed E-state index contributed by atoms with van der Waals surface area (Å²) in [4.78, 5) is 19.6. The van der Waals surface area contributed by atoms with Gasteiger partial charge in [-0.2, -0.15) is 0 Å². The SMILES string of the molecule is Clc1cnc2nc(SCc3nc4ccccc4[nH]3)[nH]c2c1. The van der Waals surface area contributed by atoms with Gasteiger partial charge in [0.2, 0.25) is 0 Å². The smallest absolute Gasteiger partial charge is 0.178 e. The van der Waals surface area contributed by atoms with Gasteiger partial charge in [-0.3, -0.25) is 0 Å². The first-order valence-corrected chi connectivity index (χ1v) is 7.72. The molecule has 0 bridgehead atoms. The lowest BCUT2D eigenvalue weighted by atomic mass is 10.3. The highest BCUT2D eigenvalue weighted by atomic mass is 35.5. The number of imidazole rings is 2. The molecule has 5 nitrogen and oxygen atoms in total. The maximum absolute atomic E-state index is 5.91. The molecule has 4 rings (SSSR count). The van der Waals surface area contributed by atoms with Gasteiger partial charge in [-0.25, -0.2) is 15.0 Å². The zero-order chi connectivity index (χ0) is 14.2. The number of nitrogens with zero attached hydrogens (tertiary/aromatic N) is 3. The maximum atomic E-state index is 5.91. The third-order valence-corrected chi connectivity index (χ3v) is 4.16. The number of para-hydroxylation sites is 2. The van der Waals surface area contributed by atoms with Gasteiger partial charge in [0.1, 0.15) is 5.82 Å². The normalized spacial score (nSPS) is 11.5. The first-order chi connectivity index (χ1) is 10.3. The number of nitrogens with one attached hydrogen (secondary N) is 2. The van der Waals surface area contributed by atoms with E-state index in [1.54, 1.807) is 18.0 Å². The summed E-state index contributed by atoms with van der Waals surface area (Å²) in [6.45, 7) is 0. The van der Waals surface area contributed by atoms with Gasteiger partial charge in [-0.15, -0.1) is 0 Å². The fourth-order valence-electron chi connectivity index (χ4n) is 2.13. The Bertz CT molecular complexity index is 896. The van der Waals surface area contributed by atoms with Crippen LogP contribution in [0.15, 0.2) is 41.7 Å². The molecule has 3 aromatic heterocycles. The molecule has 104 valence electrons. The average Bonchev–Trinajstić information content (AvgIpc) is 3.07. The quantitative estimate of drug-likeness (QED) is 0.564. The van der Waals surface area contributed by atoms with E-state index in [1.165, 1.54) is 0 Å². The van der Waals surface area contributed by atoms with Crippen LogP contribution in [0.3, 0.4) is 0 Å². The highest BCUT2D eigenvalue weighted by molar-refractivity contribution is 7.98. The van der Waals surface area contributed by atoms with E-state index in [0.717, 1.165) is 27.5 Å². The monoisotopic (exact) mass is 315 g/mol. The molecular formula is C14H10ClN5S. The molecule has 21 heavy (non-hydrogen) atoms. The summed E-state index contributed by atoms with van der Waals surface area (Å²) < 4.78 is 0. The van der Waals surface area contributed by atoms with Crippen molar-refractivity contribution in [3.63, 3.8) is 0 Å². The molecule has 0 amide bonds. The van der Waals surface area contributed by atoms with E-state index in [-0.39, 0.29) is 0 Å². The Morgan fingerprint density at radius 3 is 2.90 bits per heavy atom. The van der Waals surface area contributed by atoms with Gasteiger partial charge < -0.3 is 9.97 Å². The van der Waals surface area contributed by atoms with Crippen molar-refractivity contribution in [1.82, 2.24) is 24.9 Å². The van der Waals surface area contributed by atoms with Gasteiger partial charge >= 0.3 is 0 Å². The number of hydrogen-bond acceptors (Lipinski definition) is 4. The van der Waals surface area contributed by atoms with Gasteiger partial charge in [-0.05, 0) is 18.2 Å². The van der Waals surface area contributed by atoms with E-state index in [4.69, 9.17) is 11.6 Å². The van der Waals surface area contributed by atoms with Crippen LogP contribution < -0.4 is 0 Å². The predicted octanol–water partition coefficient (Wildman–Crippen LogP) is 3.78. The highest BCUT2D eigenvalue weighted by Gasteiger charge is 2.07. The number of aromatic nitrogens is 5. The van der Waals surface area contributed by atoms with E-state index in [2.05, 4.69) is 24.9 Å². The Balaban J connectivity index is 1.57. The Kier molecular flexibility index (Phi) is 3.05. The largest absolute Gasteiger partial charge is 0.341 e. The second-order valence-corrected chi connectivity index (χ2v) is 5.96. The van der Waals surface area contributed by atoms with Crippen LogP contribution in [-0.4, -0.2) is 24.9 Å². The Morgan fingerprint density at radius 2 is 2.00 bits per heavy atom. The van der Waals surface area contributed by atoms with Crippen molar-refractivity contribution in [2.75, 3.05) is 0 Å². The third kappa shape index (κ3) is 2.48. The summed E-state index contributed by atoms with van der Waals surface area (Å²) in [5, 5.41) is 1.40. The van der Waals surface area contributed by atoms with Gasteiger partial charge in [0.15, 0.2) is 10.8 Å². The summed E-state index contributed by atoms with van der Waals surface area (Å²) in [5.41, 5.74) is 3.54. The molecule has 7 heteroatoms. The molecule has 0 radical (unpaired) electrons. The fraction of sp³-hybridized carbons (Fsp3) is 0.0714. The van der Waals surface area contributed by atoms with Crippen molar-refractivity contribution in [3.05, 3.63) is 47.4 Å². The Hall–Kier alpha value is -2.05. The molecule has 3 heterocycles. The molecule has 1 aromatic carbocycles. The third-order valence-electron chi connectivity index (χ3n) is 3.07. The number of benzene rings is 1. The van der Waals surface area contributed by atoms with Gasteiger partial charge in [0.25, 0.3) is 0 Å². The second kappa shape index (κ2) is 5.05. The molecule has 0 saturated carbocycles. The van der Waals surface area contributed by atoms with Crippen molar-refractivity contribution in [2.24, 2.45) is 0 Å². The van der Waals surface area contributed by atoms with Crippen LogP contribution in [-0.2, 0) is 5.75 Å². The first kappa shape index (κ1) is 12.7. The highest BCUT2D eigenvalue weighted by Crippen LogP contribution is 2.23. The number of aromatic amines is 2. The summed E-state index contributed by atoms with van der Waals surface area (Å²) in [5.74, 6) is 1.63. The van der Waals surface area contributed by atoms with E-state index < -0.39 is 0 Å². The summed E-state index contributed by atoms with van der Waals surface area (Å²) in [6.07, 6.45) is 1.60. The average molecular weight is 316 g/mol. The first-order valence-electron chi connectivity index (χ1n) is 6.35. The molecule has 0 saturated heterocycles. The van der Waals surface area contributed by atoms with Crippen molar-refractivity contribution >= 4 is 45.6 Å². The van der Waals surface area contributed by atoms with Crippen LogP contribution in [0.2, 0.25) is 5.02 Å². The molecule has 0 atom stereocenters. The molecule has 4 aromatic rings. The van der Waals surface area contributed by atoms with Crippen LogP contribution in [0.25, 0.3) is 22.2 Å². The number of fused-ring (bicyclic) bond motifs is 2. The fourth-order valence-corrected chi connectivity index (χ4v) is 3.03. The summed E-state index contributed by atoms with van der Waals surface area (Å²) in [6, 6.07) is 9.81. The molecule has 0 aliphatic heterocycles. The molecule has 2 N–H and O–H groups in total. The standard InChI is InChI=1S/C14H10ClN5S/c15-8-5-11-13(16-6-8)20-14(19-11)21-7-12-17-9-3-1-2-4-10(9)18-12/h1-6H,7H2,(H,17,18)(H,16,19,20). The van der Waals surface area contributed by atoms with Crippen molar-refractivity contribution in [2.45, 2.75) is 10.9 Å². The summed E-state index contributed by atoms with van der Waals surface area (Å²) >= 11 is 7.49. The van der Waals surface area contributed by atoms with E-state index in [9.17, 15) is 0 Å². The lowest BCUT2D eigenvalue weighted by molar-refractivity contribution is 1.06. The van der Waals surface area contributed by atoms with Crippen LogP contribution in [0.4, 0.5) is 0 Å². The van der Waals surface area contributed by atoms with E-state index in [1.807, 2.05) is 30.3 Å². The zero-order valence-corrected chi connectivity index (χ0v) is 12.4. The van der Waals surface area contributed by atoms with Gasteiger partial charge in [0, 0.05) is 6.20 Å². The number of pyridine rings is 1. The number of hydrogen-bond donors (Lipinski definition) is 2. The van der Waals surface area contributed by atoms with E-state index >= 15 is 0 Å². The molecule has 0 fully saturated rings. The molecular weight excluding hydrogens is 306 g/mol. The Labute approximate surface area is 129 Å². The van der Waals surface area contributed by atoms with Gasteiger partial charge in [-0.1, -0.05) is 35.5 Å². The topological polar surface area (TPSA) is 70.2 Å². The predicted molar refractivity (Wildman–Crippen MR) is 84.6 cm³/mol. The molecule has 0 spiro atoms. The van der Waals surface area contributed by atoms with Crippen LogP contribution in [0.1, 0.15) is 5.82 Å². The van der Waals surface area contributed by atoms with Crippen molar-refractivity contribution in [1.29, 1.82) is 0 Å². The minimum absolute atomic E-state index is 0.597. The molecule has 0 aliphatic rings. The van der Waals surface area contributed by atoms with Crippen LogP contribution >= 0.6 is 23.4 Å². The maximum Gasteiger partial charge on any atom is 0.178 e. The minimum Gasteiger partial charge on any atom is -0.341 e.